The SMILES string of the molecule is C=C1CC1CCCC(C(=O)OCC)C(=O)OCC. The third-order valence-corrected chi connectivity index (χ3v) is 3.11. The van der Waals surface area contributed by atoms with Crippen LogP contribution in [0.4, 0.5) is 0 Å². The predicted molar refractivity (Wildman–Crippen MR) is 67.9 cm³/mol. The molecule has 102 valence electrons. The summed E-state index contributed by atoms with van der Waals surface area (Å²) in [5.41, 5.74) is 1.28. The van der Waals surface area contributed by atoms with Crippen LogP contribution in [0, 0.1) is 11.8 Å². The van der Waals surface area contributed by atoms with Crippen LogP contribution >= 0.6 is 0 Å². The summed E-state index contributed by atoms with van der Waals surface area (Å²) in [4.78, 5) is 23.3. The molecule has 0 aromatic rings. The fourth-order valence-corrected chi connectivity index (χ4v) is 1.95. The highest BCUT2D eigenvalue weighted by atomic mass is 16.6. The third-order valence-electron chi connectivity index (χ3n) is 3.11. The molecule has 4 nitrogen and oxygen atoms in total. The molecule has 0 radical (unpaired) electrons. The molecule has 1 aliphatic rings. The average Bonchev–Trinajstić information content (AvgIpc) is 3.01. The van der Waals surface area contributed by atoms with E-state index in [1.165, 1.54) is 5.57 Å². The number of rotatable bonds is 8. The van der Waals surface area contributed by atoms with Crippen LogP contribution in [-0.2, 0) is 19.1 Å². The van der Waals surface area contributed by atoms with Crippen LogP contribution < -0.4 is 0 Å². The highest BCUT2D eigenvalue weighted by Gasteiger charge is 2.31. The van der Waals surface area contributed by atoms with E-state index in [-0.39, 0.29) is 13.2 Å². The number of ether oxygens (including phenoxy) is 2. The molecular weight excluding hydrogens is 232 g/mol. The van der Waals surface area contributed by atoms with Crippen LogP contribution in [0.25, 0.3) is 0 Å². The Hall–Kier alpha value is -1.32. The molecule has 0 bridgehead atoms. The highest BCUT2D eigenvalue weighted by Crippen LogP contribution is 2.40. The van der Waals surface area contributed by atoms with Gasteiger partial charge in [-0.2, -0.15) is 0 Å². The predicted octanol–water partition coefficient (Wildman–Crippen LogP) is 2.48. The first-order valence-electron chi connectivity index (χ1n) is 6.61. The van der Waals surface area contributed by atoms with Gasteiger partial charge in [0.1, 0.15) is 0 Å². The standard InChI is InChI=1S/C14H22O4/c1-4-17-13(15)12(14(16)18-5-2)8-6-7-11-9-10(11)3/h11-12H,3-9H2,1-2H3. The van der Waals surface area contributed by atoms with Gasteiger partial charge in [0.05, 0.1) is 13.2 Å². The molecule has 1 aliphatic carbocycles. The van der Waals surface area contributed by atoms with Crippen molar-refractivity contribution in [3.05, 3.63) is 12.2 Å². The molecule has 1 fully saturated rings. The van der Waals surface area contributed by atoms with Crippen LogP contribution in [-0.4, -0.2) is 25.2 Å². The van der Waals surface area contributed by atoms with Gasteiger partial charge >= 0.3 is 11.9 Å². The van der Waals surface area contributed by atoms with Gasteiger partial charge in [0.2, 0.25) is 0 Å². The smallest absolute Gasteiger partial charge is 0.320 e. The Balaban J connectivity index is 2.40. The minimum atomic E-state index is -0.767. The van der Waals surface area contributed by atoms with Gasteiger partial charge in [-0.25, -0.2) is 0 Å². The van der Waals surface area contributed by atoms with E-state index in [0.717, 1.165) is 19.3 Å². The summed E-state index contributed by atoms with van der Waals surface area (Å²) in [5.74, 6) is -1.11. The summed E-state index contributed by atoms with van der Waals surface area (Å²) in [5, 5.41) is 0. The average molecular weight is 254 g/mol. The van der Waals surface area contributed by atoms with Crippen LogP contribution in [0.15, 0.2) is 12.2 Å². The molecule has 0 aliphatic heterocycles. The van der Waals surface area contributed by atoms with Crippen LogP contribution in [0.2, 0.25) is 0 Å². The van der Waals surface area contributed by atoms with Crippen molar-refractivity contribution in [2.75, 3.05) is 13.2 Å². The van der Waals surface area contributed by atoms with Gasteiger partial charge in [0, 0.05) is 0 Å². The minimum Gasteiger partial charge on any atom is -0.465 e. The van der Waals surface area contributed by atoms with E-state index < -0.39 is 17.9 Å². The first-order valence-corrected chi connectivity index (χ1v) is 6.61. The van der Waals surface area contributed by atoms with E-state index in [9.17, 15) is 9.59 Å². The van der Waals surface area contributed by atoms with Crippen molar-refractivity contribution in [3.8, 4) is 0 Å². The van der Waals surface area contributed by atoms with E-state index in [0.29, 0.717) is 12.3 Å². The molecule has 0 amide bonds. The fourth-order valence-electron chi connectivity index (χ4n) is 1.95. The summed E-state index contributed by atoms with van der Waals surface area (Å²) < 4.78 is 9.82. The summed E-state index contributed by atoms with van der Waals surface area (Å²) in [6, 6.07) is 0. The van der Waals surface area contributed by atoms with Crippen molar-refractivity contribution < 1.29 is 19.1 Å². The Morgan fingerprint density at radius 3 is 2.17 bits per heavy atom. The van der Waals surface area contributed by atoms with E-state index >= 15 is 0 Å². The topological polar surface area (TPSA) is 52.6 Å². The molecule has 0 saturated heterocycles. The zero-order valence-electron chi connectivity index (χ0n) is 11.2. The Kier molecular flexibility index (Phi) is 5.89. The summed E-state index contributed by atoms with van der Waals surface area (Å²) in [7, 11) is 0. The van der Waals surface area contributed by atoms with Crippen molar-refractivity contribution in [1.82, 2.24) is 0 Å². The van der Waals surface area contributed by atoms with Gasteiger partial charge in [-0.1, -0.05) is 18.6 Å². The number of esters is 2. The first-order chi connectivity index (χ1) is 8.60. The van der Waals surface area contributed by atoms with Gasteiger partial charge in [0.25, 0.3) is 0 Å². The maximum absolute atomic E-state index is 11.7. The molecular formula is C14H22O4. The Morgan fingerprint density at radius 2 is 1.78 bits per heavy atom. The van der Waals surface area contributed by atoms with Crippen molar-refractivity contribution in [2.24, 2.45) is 11.8 Å². The number of carbonyl (C=O) groups is 2. The van der Waals surface area contributed by atoms with Crippen molar-refractivity contribution in [3.63, 3.8) is 0 Å². The van der Waals surface area contributed by atoms with Gasteiger partial charge in [-0.05, 0) is 39.0 Å². The van der Waals surface area contributed by atoms with Crippen molar-refractivity contribution >= 4 is 11.9 Å². The second kappa shape index (κ2) is 7.19. The van der Waals surface area contributed by atoms with Gasteiger partial charge in [-0.3, -0.25) is 9.59 Å². The van der Waals surface area contributed by atoms with Gasteiger partial charge in [0.15, 0.2) is 5.92 Å². The second-order valence-corrected chi connectivity index (χ2v) is 4.55. The normalized spacial score (nSPS) is 17.7. The molecule has 1 unspecified atom stereocenters. The quantitative estimate of drug-likeness (QED) is 0.379. The van der Waals surface area contributed by atoms with Crippen LogP contribution in [0.1, 0.15) is 39.5 Å². The maximum atomic E-state index is 11.7. The molecule has 18 heavy (non-hydrogen) atoms. The Labute approximate surface area is 108 Å². The fraction of sp³-hybridized carbons (Fsp3) is 0.714. The minimum absolute atomic E-state index is 0.286. The lowest BCUT2D eigenvalue weighted by molar-refractivity contribution is -0.161. The number of hydrogen-bond donors (Lipinski definition) is 0. The molecule has 0 N–H and O–H groups in total. The Morgan fingerprint density at radius 1 is 1.28 bits per heavy atom. The number of hydrogen-bond acceptors (Lipinski definition) is 4. The lowest BCUT2D eigenvalue weighted by Gasteiger charge is -2.13. The van der Waals surface area contributed by atoms with E-state index in [1.807, 2.05) is 0 Å². The summed E-state index contributed by atoms with van der Waals surface area (Å²) in [6.45, 7) is 7.92. The molecule has 4 heteroatoms. The highest BCUT2D eigenvalue weighted by molar-refractivity contribution is 5.94. The van der Waals surface area contributed by atoms with Crippen molar-refractivity contribution in [1.29, 1.82) is 0 Å². The molecule has 0 aromatic carbocycles. The molecule has 1 atom stereocenters. The number of carbonyl (C=O) groups excluding carboxylic acids is 2. The van der Waals surface area contributed by atoms with E-state index in [1.54, 1.807) is 13.8 Å². The monoisotopic (exact) mass is 254 g/mol. The van der Waals surface area contributed by atoms with Gasteiger partial charge < -0.3 is 9.47 Å². The van der Waals surface area contributed by atoms with Crippen molar-refractivity contribution in [2.45, 2.75) is 39.5 Å². The largest absolute Gasteiger partial charge is 0.465 e. The third kappa shape index (κ3) is 4.51. The number of allylic oxidation sites excluding steroid dienone is 1. The van der Waals surface area contributed by atoms with Crippen LogP contribution in [0.5, 0.6) is 0 Å². The maximum Gasteiger partial charge on any atom is 0.320 e. The lowest BCUT2D eigenvalue weighted by Crippen LogP contribution is -2.28. The summed E-state index contributed by atoms with van der Waals surface area (Å²) >= 11 is 0. The van der Waals surface area contributed by atoms with Gasteiger partial charge in [-0.15, -0.1) is 0 Å². The second-order valence-electron chi connectivity index (χ2n) is 4.55. The zero-order valence-corrected chi connectivity index (χ0v) is 11.2. The first kappa shape index (κ1) is 14.7. The lowest BCUT2D eigenvalue weighted by atomic mass is 10.0. The van der Waals surface area contributed by atoms with E-state index in [2.05, 4.69) is 6.58 Å². The van der Waals surface area contributed by atoms with E-state index in [4.69, 9.17) is 9.47 Å². The Bertz CT molecular complexity index is 304. The molecule has 0 spiro atoms. The summed E-state index contributed by atoms with van der Waals surface area (Å²) in [6.07, 6.45) is 3.41. The molecule has 0 aromatic heterocycles. The zero-order chi connectivity index (χ0) is 13.5. The van der Waals surface area contributed by atoms with Crippen LogP contribution in [0.3, 0.4) is 0 Å². The molecule has 1 saturated carbocycles. The molecule has 0 heterocycles. The molecule has 1 rings (SSSR count).